The zero-order valence-electron chi connectivity index (χ0n) is 15.5. The highest BCUT2D eigenvalue weighted by atomic mass is 16.7. The number of hydrogen-bond donors (Lipinski definition) is 0. The van der Waals surface area contributed by atoms with Crippen LogP contribution in [0.1, 0.15) is 54.9 Å². The first-order valence-corrected chi connectivity index (χ1v) is 9.53. The van der Waals surface area contributed by atoms with E-state index in [4.69, 9.17) is 14.2 Å². The first-order valence-electron chi connectivity index (χ1n) is 9.53. The molecule has 26 heavy (non-hydrogen) atoms. The van der Waals surface area contributed by atoms with Gasteiger partial charge < -0.3 is 14.2 Å². The van der Waals surface area contributed by atoms with E-state index in [1.807, 2.05) is 18.2 Å². The first kappa shape index (κ1) is 17.7. The lowest BCUT2D eigenvalue weighted by Crippen LogP contribution is -2.59. The maximum absolute atomic E-state index is 13.3. The van der Waals surface area contributed by atoms with Gasteiger partial charge in [0.2, 0.25) is 0 Å². The molecule has 1 saturated heterocycles. The molecule has 1 spiro atoms. The first-order chi connectivity index (χ1) is 12.5. The molecular weight excluding hydrogens is 332 g/mol. The Hall–Kier alpha value is -1.72. The Morgan fingerprint density at radius 1 is 1.23 bits per heavy atom. The molecule has 2 saturated carbocycles. The van der Waals surface area contributed by atoms with Crippen molar-refractivity contribution in [2.45, 2.75) is 50.2 Å². The Morgan fingerprint density at radius 2 is 2.00 bits per heavy atom. The van der Waals surface area contributed by atoms with Crippen molar-refractivity contribution >= 4 is 11.8 Å². The molecular formula is C21H26O5. The molecule has 1 aliphatic heterocycles. The molecule has 0 N–H and O–H groups in total. The van der Waals surface area contributed by atoms with Gasteiger partial charge in [0.05, 0.1) is 31.3 Å². The van der Waals surface area contributed by atoms with Gasteiger partial charge in [0.15, 0.2) is 5.79 Å². The van der Waals surface area contributed by atoms with Gasteiger partial charge in [0.1, 0.15) is 5.78 Å². The van der Waals surface area contributed by atoms with Crippen LogP contribution in [-0.2, 0) is 24.4 Å². The number of carbonyl (C=O) groups excluding carboxylic acids is 2. The van der Waals surface area contributed by atoms with E-state index in [0.29, 0.717) is 38.0 Å². The quantitative estimate of drug-likeness (QED) is 0.760. The summed E-state index contributed by atoms with van der Waals surface area (Å²) in [6, 6.07) is 7.44. The van der Waals surface area contributed by atoms with E-state index >= 15 is 0 Å². The number of ether oxygens (including phenoxy) is 3. The van der Waals surface area contributed by atoms with Crippen LogP contribution in [0.25, 0.3) is 0 Å². The summed E-state index contributed by atoms with van der Waals surface area (Å²) in [6.07, 6.45) is 3.89. The van der Waals surface area contributed by atoms with E-state index in [-0.39, 0.29) is 23.6 Å². The summed E-state index contributed by atoms with van der Waals surface area (Å²) in [5.41, 5.74) is 0.884. The summed E-state index contributed by atoms with van der Waals surface area (Å²) in [7, 11) is 1.38. The average Bonchev–Trinajstić information content (AvgIpc) is 3.15. The van der Waals surface area contributed by atoms with Crippen molar-refractivity contribution in [2.24, 2.45) is 11.8 Å². The predicted octanol–water partition coefficient (Wildman–Crippen LogP) is 3.25. The van der Waals surface area contributed by atoms with Gasteiger partial charge in [0.25, 0.3) is 0 Å². The van der Waals surface area contributed by atoms with Crippen LogP contribution in [0.15, 0.2) is 24.3 Å². The maximum Gasteiger partial charge on any atom is 0.337 e. The van der Waals surface area contributed by atoms with Crippen molar-refractivity contribution in [1.82, 2.24) is 0 Å². The molecule has 1 heterocycles. The Labute approximate surface area is 154 Å². The predicted molar refractivity (Wildman–Crippen MR) is 94.8 cm³/mol. The Bertz CT molecular complexity index is 721. The summed E-state index contributed by atoms with van der Waals surface area (Å²) in [4.78, 5) is 25.3. The van der Waals surface area contributed by atoms with Crippen LogP contribution in [0.5, 0.6) is 0 Å². The summed E-state index contributed by atoms with van der Waals surface area (Å²) < 4.78 is 16.9. The number of methoxy groups -OCH3 is 1. The van der Waals surface area contributed by atoms with Crippen LogP contribution >= 0.6 is 0 Å². The molecule has 5 nitrogen and oxygen atoms in total. The fourth-order valence-electron chi connectivity index (χ4n) is 5.50. The third kappa shape index (κ3) is 2.44. The third-order valence-corrected chi connectivity index (χ3v) is 6.79. The molecule has 0 aromatic heterocycles. The lowest BCUT2D eigenvalue weighted by atomic mass is 9.51. The molecule has 0 bridgehead atoms. The van der Waals surface area contributed by atoms with E-state index in [1.165, 1.54) is 7.11 Å². The number of Topliss-reactive ketones (excluding diaryl/α,β-unsaturated/α-hetero) is 1. The minimum atomic E-state index is -0.553. The van der Waals surface area contributed by atoms with E-state index in [0.717, 1.165) is 18.4 Å². The SMILES string of the molecule is COC(=O)c1cccc(C23CCC4(OCCO4)C(C)C2CCCC3=O)c1. The third-order valence-electron chi connectivity index (χ3n) is 6.79. The van der Waals surface area contributed by atoms with Crippen molar-refractivity contribution in [2.75, 3.05) is 20.3 Å². The van der Waals surface area contributed by atoms with Crippen LogP contribution < -0.4 is 0 Å². The summed E-state index contributed by atoms with van der Waals surface area (Å²) in [5, 5.41) is 0. The van der Waals surface area contributed by atoms with Gasteiger partial charge in [-0.05, 0) is 42.9 Å². The molecule has 3 atom stereocenters. The van der Waals surface area contributed by atoms with Crippen LogP contribution in [0.3, 0.4) is 0 Å². The Morgan fingerprint density at radius 3 is 2.73 bits per heavy atom. The fourth-order valence-corrected chi connectivity index (χ4v) is 5.50. The number of esters is 1. The average molecular weight is 358 g/mol. The van der Waals surface area contributed by atoms with Crippen LogP contribution in [0.2, 0.25) is 0 Å². The minimum absolute atomic E-state index is 0.129. The molecule has 4 rings (SSSR count). The standard InChI is InChI=1S/C21H26O5/c1-14-17-7-4-8-18(22)20(17,9-10-21(14)25-11-12-26-21)16-6-3-5-15(13-16)19(23)24-2/h3,5-6,13-14,17H,4,7-12H2,1-2H3. The number of ketones is 1. The van der Waals surface area contributed by atoms with Crippen molar-refractivity contribution in [3.63, 3.8) is 0 Å². The maximum atomic E-state index is 13.3. The van der Waals surface area contributed by atoms with E-state index < -0.39 is 11.2 Å². The number of hydrogen-bond acceptors (Lipinski definition) is 5. The molecule has 1 aromatic carbocycles. The Kier molecular flexibility index (Phi) is 4.40. The molecule has 3 fully saturated rings. The highest BCUT2D eigenvalue weighted by Gasteiger charge is 2.60. The van der Waals surface area contributed by atoms with Gasteiger partial charge in [-0.1, -0.05) is 19.1 Å². The minimum Gasteiger partial charge on any atom is -0.465 e. The summed E-state index contributed by atoms with van der Waals surface area (Å²) >= 11 is 0. The van der Waals surface area contributed by atoms with Gasteiger partial charge in [-0.3, -0.25) is 4.79 Å². The van der Waals surface area contributed by atoms with E-state index in [2.05, 4.69) is 6.92 Å². The summed E-state index contributed by atoms with van der Waals surface area (Å²) in [5.74, 6) is -0.347. The zero-order chi connectivity index (χ0) is 18.4. The summed E-state index contributed by atoms with van der Waals surface area (Å²) in [6.45, 7) is 3.40. The van der Waals surface area contributed by atoms with Gasteiger partial charge in [-0.2, -0.15) is 0 Å². The topological polar surface area (TPSA) is 61.8 Å². The normalized spacial score (nSPS) is 33.1. The van der Waals surface area contributed by atoms with Gasteiger partial charge in [-0.25, -0.2) is 4.79 Å². The molecule has 2 aliphatic carbocycles. The van der Waals surface area contributed by atoms with Crippen LogP contribution in [0, 0.1) is 11.8 Å². The number of benzene rings is 1. The van der Waals surface area contributed by atoms with Crippen molar-refractivity contribution < 1.29 is 23.8 Å². The van der Waals surface area contributed by atoms with E-state index in [1.54, 1.807) is 6.07 Å². The van der Waals surface area contributed by atoms with Gasteiger partial charge in [-0.15, -0.1) is 0 Å². The van der Waals surface area contributed by atoms with Crippen molar-refractivity contribution in [3.05, 3.63) is 35.4 Å². The largest absolute Gasteiger partial charge is 0.465 e. The second kappa shape index (κ2) is 6.46. The zero-order valence-corrected chi connectivity index (χ0v) is 15.5. The number of rotatable bonds is 2. The van der Waals surface area contributed by atoms with E-state index in [9.17, 15) is 9.59 Å². The van der Waals surface area contributed by atoms with Crippen molar-refractivity contribution in [1.29, 1.82) is 0 Å². The number of fused-ring (bicyclic) bond motifs is 1. The molecule has 0 amide bonds. The fraction of sp³-hybridized carbons (Fsp3) is 0.619. The second-order valence-corrected chi connectivity index (χ2v) is 7.76. The van der Waals surface area contributed by atoms with Gasteiger partial charge >= 0.3 is 5.97 Å². The van der Waals surface area contributed by atoms with Crippen LogP contribution in [-0.4, -0.2) is 37.9 Å². The monoisotopic (exact) mass is 358 g/mol. The molecule has 1 aromatic rings. The highest BCUT2D eigenvalue weighted by Crippen LogP contribution is 2.57. The lowest BCUT2D eigenvalue weighted by Gasteiger charge is -2.54. The smallest absolute Gasteiger partial charge is 0.337 e. The number of carbonyl (C=O) groups is 2. The molecule has 5 heteroatoms. The molecule has 0 radical (unpaired) electrons. The molecule has 3 aliphatic rings. The van der Waals surface area contributed by atoms with Crippen LogP contribution in [0.4, 0.5) is 0 Å². The molecule has 140 valence electrons. The molecule has 3 unspecified atom stereocenters. The van der Waals surface area contributed by atoms with Gasteiger partial charge in [0, 0.05) is 18.8 Å². The highest BCUT2D eigenvalue weighted by molar-refractivity contribution is 5.93. The Balaban J connectivity index is 1.78. The second-order valence-electron chi connectivity index (χ2n) is 7.76. The van der Waals surface area contributed by atoms with Crippen molar-refractivity contribution in [3.8, 4) is 0 Å². The lowest BCUT2D eigenvalue weighted by molar-refractivity contribution is -0.235.